The first-order valence-corrected chi connectivity index (χ1v) is 13.8. The Morgan fingerprint density at radius 1 is 1.00 bits per heavy atom. The number of alkyl carbamates (subject to hydrolysis) is 1. The zero-order valence-corrected chi connectivity index (χ0v) is 22.2. The molecular formula is C28H34N3O5P. The molecule has 0 radical (unpaired) electrons. The van der Waals surface area contributed by atoms with E-state index in [-0.39, 0.29) is 24.7 Å². The molecule has 0 saturated heterocycles. The molecule has 0 saturated carbocycles. The summed E-state index contributed by atoms with van der Waals surface area (Å²) in [6.45, 7) is 4.57. The highest BCUT2D eigenvalue weighted by Crippen LogP contribution is 2.21. The second kappa shape index (κ2) is 14.9. The maximum absolute atomic E-state index is 12.7. The van der Waals surface area contributed by atoms with E-state index in [2.05, 4.69) is 39.6 Å². The summed E-state index contributed by atoms with van der Waals surface area (Å²) in [5.74, 6) is -0.0561. The largest absolute Gasteiger partial charge is 0.611 e. The van der Waals surface area contributed by atoms with Crippen molar-refractivity contribution < 1.29 is 23.6 Å². The Labute approximate surface area is 219 Å². The number of carbonyl (C=O) groups is 2. The summed E-state index contributed by atoms with van der Waals surface area (Å²) in [5, 5.41) is 5.37. The molecule has 2 amide bonds. The molecule has 1 aromatic heterocycles. The van der Waals surface area contributed by atoms with E-state index in [4.69, 9.17) is 9.15 Å². The minimum absolute atomic E-state index is 0.119. The lowest BCUT2D eigenvalue weighted by Gasteiger charge is -2.14. The van der Waals surface area contributed by atoms with Gasteiger partial charge < -0.3 is 19.4 Å². The SMILES string of the molecule is CC(C)C[C@H](N=[P+]([O-])CNC(=O)OCc1ccccc1)C(=O)NCCCc1ccc(-c2ccoc2)cc1. The van der Waals surface area contributed by atoms with Crippen LogP contribution in [0.2, 0.25) is 0 Å². The number of nitrogens with zero attached hydrogens (tertiary/aromatic N) is 1. The van der Waals surface area contributed by atoms with Crippen LogP contribution in [0.5, 0.6) is 0 Å². The first kappa shape index (κ1) is 28.1. The van der Waals surface area contributed by atoms with Crippen molar-refractivity contribution in [2.45, 2.75) is 45.8 Å². The lowest BCUT2D eigenvalue weighted by Crippen LogP contribution is -2.35. The lowest BCUT2D eigenvalue weighted by molar-refractivity contribution is -0.156. The number of furan rings is 1. The van der Waals surface area contributed by atoms with Crippen LogP contribution < -0.4 is 15.5 Å². The number of hydrogen-bond acceptors (Lipinski definition) is 6. The average Bonchev–Trinajstić information content (AvgIpc) is 3.44. The van der Waals surface area contributed by atoms with Crippen LogP contribution in [0.25, 0.3) is 11.1 Å². The molecule has 0 bridgehead atoms. The van der Waals surface area contributed by atoms with Gasteiger partial charge in [0.15, 0.2) is 20.3 Å². The van der Waals surface area contributed by atoms with E-state index in [1.807, 2.05) is 50.2 Å². The van der Waals surface area contributed by atoms with Gasteiger partial charge in [-0.05, 0) is 47.9 Å². The minimum atomic E-state index is -2.16. The molecule has 0 spiro atoms. The quantitative estimate of drug-likeness (QED) is 0.235. The minimum Gasteiger partial charge on any atom is -0.611 e. The second-order valence-electron chi connectivity index (χ2n) is 9.11. The molecule has 3 rings (SSSR count). The topological polar surface area (TPSA) is 116 Å². The number of amides is 2. The van der Waals surface area contributed by atoms with Gasteiger partial charge in [-0.2, -0.15) is 0 Å². The van der Waals surface area contributed by atoms with E-state index in [1.165, 1.54) is 5.56 Å². The van der Waals surface area contributed by atoms with Gasteiger partial charge in [0.1, 0.15) is 6.61 Å². The van der Waals surface area contributed by atoms with E-state index in [0.29, 0.717) is 13.0 Å². The third kappa shape index (κ3) is 10.2. The first-order valence-electron chi connectivity index (χ1n) is 12.4. The van der Waals surface area contributed by atoms with Gasteiger partial charge in [-0.1, -0.05) is 73.2 Å². The molecule has 1 unspecified atom stereocenters. The average molecular weight is 524 g/mol. The van der Waals surface area contributed by atoms with E-state index in [1.54, 1.807) is 12.5 Å². The molecular weight excluding hydrogens is 489 g/mol. The Morgan fingerprint density at radius 2 is 1.76 bits per heavy atom. The fourth-order valence-electron chi connectivity index (χ4n) is 3.67. The molecule has 2 aromatic carbocycles. The highest BCUT2D eigenvalue weighted by atomic mass is 31.1. The van der Waals surface area contributed by atoms with Crippen molar-refractivity contribution >= 4 is 19.9 Å². The van der Waals surface area contributed by atoms with E-state index >= 15 is 0 Å². The number of nitrogens with one attached hydrogen (secondary N) is 2. The molecule has 1 heterocycles. The number of carbonyl (C=O) groups excluding carboxylic acids is 2. The smallest absolute Gasteiger partial charge is 0.410 e. The van der Waals surface area contributed by atoms with E-state index < -0.39 is 20.1 Å². The monoisotopic (exact) mass is 523 g/mol. The number of rotatable bonds is 13. The summed E-state index contributed by atoms with van der Waals surface area (Å²) in [6, 6.07) is 18.7. The maximum Gasteiger partial charge on any atom is 0.410 e. The molecule has 196 valence electrons. The Balaban J connectivity index is 1.41. The van der Waals surface area contributed by atoms with Gasteiger partial charge in [-0.3, -0.25) is 10.1 Å². The van der Waals surface area contributed by atoms with Crippen LogP contribution in [-0.2, 0) is 22.6 Å². The maximum atomic E-state index is 12.7. The normalized spacial score (nSPS) is 12.3. The molecule has 0 fully saturated rings. The standard InChI is InChI=1S/C28H34N3O5P/c1-21(2)17-26(31-37(34)20-30-28(33)36-18-23-7-4-3-5-8-23)27(32)29-15-6-9-22-10-12-24(13-11-22)25-14-16-35-19-25/h3-5,7-8,10-14,16,19,21,26H,6,9,15,17-18,20H2,1-2H3,(H,29,32)(H,30,33)/t26-/m0/s1. The van der Waals surface area contributed by atoms with Crippen LogP contribution in [0.1, 0.15) is 37.8 Å². The molecule has 0 aliphatic rings. The number of benzene rings is 2. The summed E-state index contributed by atoms with van der Waals surface area (Å²) in [6.07, 6.45) is 4.57. The Bertz CT molecular complexity index is 1130. The van der Waals surface area contributed by atoms with Crippen molar-refractivity contribution in [3.63, 3.8) is 0 Å². The van der Waals surface area contributed by atoms with Gasteiger partial charge in [0.25, 0.3) is 0 Å². The van der Waals surface area contributed by atoms with E-state index in [0.717, 1.165) is 29.5 Å². The van der Waals surface area contributed by atoms with Crippen molar-refractivity contribution in [3.8, 4) is 11.1 Å². The predicted molar refractivity (Wildman–Crippen MR) is 143 cm³/mol. The summed E-state index contributed by atoms with van der Waals surface area (Å²) in [5.41, 5.74) is 4.17. The van der Waals surface area contributed by atoms with Crippen molar-refractivity contribution in [1.29, 1.82) is 0 Å². The third-order valence-corrected chi connectivity index (χ3v) is 6.55. The van der Waals surface area contributed by atoms with Crippen molar-refractivity contribution in [1.82, 2.24) is 10.6 Å². The highest BCUT2D eigenvalue weighted by Gasteiger charge is 2.22. The number of hydrogen-bond donors (Lipinski definition) is 2. The third-order valence-electron chi connectivity index (χ3n) is 5.59. The number of aryl methyl sites for hydroxylation is 1. The lowest BCUT2D eigenvalue weighted by atomic mass is 10.0. The fraction of sp³-hybridized carbons (Fsp3) is 0.357. The fourth-order valence-corrected chi connectivity index (χ4v) is 4.53. The molecule has 37 heavy (non-hydrogen) atoms. The Morgan fingerprint density at radius 3 is 2.43 bits per heavy atom. The Hall–Kier alpha value is -3.48. The van der Waals surface area contributed by atoms with Crippen LogP contribution in [0.15, 0.2) is 82.4 Å². The van der Waals surface area contributed by atoms with E-state index in [9.17, 15) is 14.5 Å². The zero-order chi connectivity index (χ0) is 26.5. The summed E-state index contributed by atoms with van der Waals surface area (Å²) < 4.78 is 14.4. The molecule has 0 aliphatic heterocycles. The van der Waals surface area contributed by atoms with Gasteiger partial charge in [0, 0.05) is 12.1 Å². The van der Waals surface area contributed by atoms with Gasteiger partial charge in [0.2, 0.25) is 5.91 Å². The Kier molecular flexibility index (Phi) is 11.3. The van der Waals surface area contributed by atoms with Gasteiger partial charge in [-0.25, -0.2) is 4.79 Å². The summed E-state index contributed by atoms with van der Waals surface area (Å²) in [4.78, 5) is 37.1. The van der Waals surface area contributed by atoms with Gasteiger partial charge >= 0.3 is 6.09 Å². The van der Waals surface area contributed by atoms with Crippen LogP contribution in [0.4, 0.5) is 4.79 Å². The summed E-state index contributed by atoms with van der Waals surface area (Å²) >= 11 is 0. The molecule has 3 aromatic rings. The van der Waals surface area contributed by atoms with Gasteiger partial charge in [0.05, 0.1) is 12.5 Å². The van der Waals surface area contributed by atoms with Crippen LogP contribution >= 0.6 is 7.94 Å². The molecule has 9 heteroatoms. The van der Waals surface area contributed by atoms with Crippen molar-refractivity contribution in [2.75, 3.05) is 12.8 Å². The van der Waals surface area contributed by atoms with Crippen LogP contribution in [0.3, 0.4) is 0 Å². The molecule has 2 N–H and O–H groups in total. The first-order chi connectivity index (χ1) is 17.9. The van der Waals surface area contributed by atoms with Crippen LogP contribution in [-0.4, -0.2) is 30.9 Å². The molecule has 2 atom stereocenters. The number of ether oxygens (including phenoxy) is 1. The highest BCUT2D eigenvalue weighted by molar-refractivity contribution is 7.39. The molecule has 0 aliphatic carbocycles. The summed E-state index contributed by atoms with van der Waals surface area (Å²) in [7, 11) is -2.16. The van der Waals surface area contributed by atoms with Gasteiger partial charge in [-0.15, -0.1) is 0 Å². The second-order valence-corrected chi connectivity index (χ2v) is 10.4. The predicted octanol–water partition coefficient (Wildman–Crippen LogP) is 5.23. The van der Waals surface area contributed by atoms with Crippen molar-refractivity contribution in [3.05, 3.63) is 84.3 Å². The zero-order valence-electron chi connectivity index (χ0n) is 21.3. The van der Waals surface area contributed by atoms with Crippen molar-refractivity contribution in [2.24, 2.45) is 10.7 Å². The van der Waals surface area contributed by atoms with Crippen LogP contribution in [0, 0.1) is 5.92 Å². The molecule has 8 nitrogen and oxygen atoms in total.